The van der Waals surface area contributed by atoms with Gasteiger partial charge in [-0.3, -0.25) is 4.79 Å². The number of nitrogens with one attached hydrogen (secondary N) is 2. The summed E-state index contributed by atoms with van der Waals surface area (Å²) in [5.41, 5.74) is 1.12. The van der Waals surface area contributed by atoms with Crippen molar-refractivity contribution < 1.29 is 14.3 Å². The highest BCUT2D eigenvalue weighted by Crippen LogP contribution is 2.31. The Balaban J connectivity index is 1.54. The Morgan fingerprint density at radius 1 is 1.29 bits per heavy atom. The van der Waals surface area contributed by atoms with Crippen molar-refractivity contribution in [2.75, 3.05) is 47.0 Å². The highest BCUT2D eigenvalue weighted by Gasteiger charge is 2.22. The summed E-state index contributed by atoms with van der Waals surface area (Å²) in [5, 5.41) is 6.82. The number of benzene rings is 1. The molecule has 7 heteroatoms. The number of para-hydroxylation sites is 1. The number of guanidine groups is 1. The molecular weight excluding hydrogens is 356 g/mol. The van der Waals surface area contributed by atoms with Gasteiger partial charge in [0.1, 0.15) is 12.3 Å². The Bertz CT molecular complexity index is 673. The Labute approximate surface area is 167 Å². The van der Waals surface area contributed by atoms with Crippen molar-refractivity contribution in [3.05, 3.63) is 29.8 Å². The highest BCUT2D eigenvalue weighted by molar-refractivity contribution is 5.85. The summed E-state index contributed by atoms with van der Waals surface area (Å²) in [5.74, 6) is 2.32. The summed E-state index contributed by atoms with van der Waals surface area (Å²) in [7, 11) is 3.48. The van der Waals surface area contributed by atoms with Crippen LogP contribution >= 0.6 is 0 Å². The van der Waals surface area contributed by atoms with Crippen LogP contribution in [0.25, 0.3) is 0 Å². The predicted octanol–water partition coefficient (Wildman–Crippen LogP) is 1.95. The van der Waals surface area contributed by atoms with E-state index in [0.717, 1.165) is 49.8 Å². The van der Waals surface area contributed by atoms with Crippen LogP contribution in [-0.4, -0.2) is 63.8 Å². The SMILES string of the molecule is CN(C)C(=O)CN=C(NCCCOCC1CC1)NC1CCOc2ccccc21. The lowest BCUT2D eigenvalue weighted by molar-refractivity contribution is -0.127. The molecule has 28 heavy (non-hydrogen) atoms. The normalized spacial score (nSPS) is 18.8. The van der Waals surface area contributed by atoms with Crippen molar-refractivity contribution in [3.8, 4) is 5.75 Å². The third-order valence-corrected chi connectivity index (χ3v) is 4.95. The molecule has 0 aromatic heterocycles. The second-order valence-corrected chi connectivity index (χ2v) is 7.62. The van der Waals surface area contributed by atoms with Gasteiger partial charge in [-0.15, -0.1) is 0 Å². The zero-order valence-electron chi connectivity index (χ0n) is 16.9. The van der Waals surface area contributed by atoms with Crippen molar-refractivity contribution in [1.82, 2.24) is 15.5 Å². The van der Waals surface area contributed by atoms with Gasteiger partial charge in [-0.05, 0) is 31.2 Å². The van der Waals surface area contributed by atoms with Gasteiger partial charge in [0, 0.05) is 45.8 Å². The van der Waals surface area contributed by atoms with Gasteiger partial charge < -0.3 is 25.0 Å². The van der Waals surface area contributed by atoms with Gasteiger partial charge in [0.05, 0.1) is 12.6 Å². The average Bonchev–Trinajstić information content (AvgIpc) is 3.52. The van der Waals surface area contributed by atoms with Crippen LogP contribution in [0.15, 0.2) is 29.3 Å². The smallest absolute Gasteiger partial charge is 0.243 e. The summed E-state index contributed by atoms with van der Waals surface area (Å²) in [6.45, 7) is 3.15. The van der Waals surface area contributed by atoms with E-state index in [9.17, 15) is 4.79 Å². The Hall–Kier alpha value is -2.28. The lowest BCUT2D eigenvalue weighted by Crippen LogP contribution is -2.42. The molecule has 1 amide bonds. The third-order valence-electron chi connectivity index (χ3n) is 4.95. The first-order valence-electron chi connectivity index (χ1n) is 10.2. The summed E-state index contributed by atoms with van der Waals surface area (Å²) in [6.07, 6.45) is 4.38. The maximum atomic E-state index is 11.9. The molecule has 1 aliphatic carbocycles. The third kappa shape index (κ3) is 6.41. The minimum atomic E-state index is -0.0266. The number of likely N-dealkylation sites (N-methyl/N-ethyl adjacent to an activating group) is 1. The number of carbonyl (C=O) groups excluding carboxylic acids is 1. The number of hydrogen-bond donors (Lipinski definition) is 2. The van der Waals surface area contributed by atoms with E-state index in [0.29, 0.717) is 12.6 Å². The second-order valence-electron chi connectivity index (χ2n) is 7.62. The van der Waals surface area contributed by atoms with Gasteiger partial charge in [0.25, 0.3) is 0 Å². The molecule has 1 fully saturated rings. The maximum absolute atomic E-state index is 11.9. The van der Waals surface area contributed by atoms with Gasteiger partial charge in [-0.2, -0.15) is 0 Å². The topological polar surface area (TPSA) is 75.2 Å². The van der Waals surface area contributed by atoms with Crippen LogP contribution in [-0.2, 0) is 9.53 Å². The van der Waals surface area contributed by atoms with Gasteiger partial charge in [0.2, 0.25) is 5.91 Å². The molecule has 1 saturated carbocycles. The molecule has 0 bridgehead atoms. The van der Waals surface area contributed by atoms with E-state index in [1.54, 1.807) is 19.0 Å². The van der Waals surface area contributed by atoms with Crippen LogP contribution in [0.4, 0.5) is 0 Å². The molecule has 2 N–H and O–H groups in total. The summed E-state index contributed by atoms with van der Waals surface area (Å²) >= 11 is 0. The molecule has 0 radical (unpaired) electrons. The molecule has 0 saturated heterocycles. The van der Waals surface area contributed by atoms with Crippen molar-refractivity contribution in [3.63, 3.8) is 0 Å². The van der Waals surface area contributed by atoms with E-state index in [-0.39, 0.29) is 18.5 Å². The molecule has 3 rings (SSSR count). The van der Waals surface area contributed by atoms with E-state index < -0.39 is 0 Å². The van der Waals surface area contributed by atoms with E-state index in [1.165, 1.54) is 12.8 Å². The first kappa shape index (κ1) is 20.5. The minimum absolute atomic E-state index is 0.0266. The number of carbonyl (C=O) groups is 1. The number of ether oxygens (including phenoxy) is 2. The fourth-order valence-electron chi connectivity index (χ4n) is 3.01. The Kier molecular flexibility index (Phi) is 7.54. The summed E-state index contributed by atoms with van der Waals surface area (Å²) in [6, 6.07) is 8.16. The van der Waals surface area contributed by atoms with E-state index in [2.05, 4.69) is 21.7 Å². The Morgan fingerprint density at radius 2 is 2.11 bits per heavy atom. The number of rotatable bonds is 9. The fraction of sp³-hybridized carbons (Fsp3) is 0.619. The predicted molar refractivity (Wildman–Crippen MR) is 110 cm³/mol. The summed E-state index contributed by atoms with van der Waals surface area (Å²) < 4.78 is 11.4. The number of nitrogens with zero attached hydrogens (tertiary/aromatic N) is 2. The largest absolute Gasteiger partial charge is 0.493 e. The van der Waals surface area contributed by atoms with E-state index >= 15 is 0 Å². The zero-order chi connectivity index (χ0) is 19.8. The van der Waals surface area contributed by atoms with E-state index in [4.69, 9.17) is 9.47 Å². The molecule has 1 aliphatic heterocycles. The van der Waals surface area contributed by atoms with Crippen LogP contribution in [0.2, 0.25) is 0 Å². The van der Waals surface area contributed by atoms with Gasteiger partial charge in [0.15, 0.2) is 5.96 Å². The number of hydrogen-bond acceptors (Lipinski definition) is 4. The van der Waals surface area contributed by atoms with Crippen LogP contribution in [0, 0.1) is 5.92 Å². The fourth-order valence-corrected chi connectivity index (χ4v) is 3.01. The molecule has 1 unspecified atom stereocenters. The van der Waals surface area contributed by atoms with Crippen LogP contribution in [0.5, 0.6) is 5.75 Å². The van der Waals surface area contributed by atoms with Crippen molar-refractivity contribution in [2.24, 2.45) is 10.9 Å². The van der Waals surface area contributed by atoms with Crippen molar-refractivity contribution >= 4 is 11.9 Å². The van der Waals surface area contributed by atoms with Gasteiger partial charge in [-0.1, -0.05) is 18.2 Å². The molecular formula is C21H32N4O3. The number of amides is 1. The first-order valence-corrected chi connectivity index (χ1v) is 10.2. The minimum Gasteiger partial charge on any atom is -0.493 e. The van der Waals surface area contributed by atoms with Crippen LogP contribution in [0.3, 0.4) is 0 Å². The first-order chi connectivity index (χ1) is 13.6. The van der Waals surface area contributed by atoms with Crippen LogP contribution in [0.1, 0.15) is 37.3 Å². The van der Waals surface area contributed by atoms with Crippen molar-refractivity contribution in [2.45, 2.75) is 31.7 Å². The quantitative estimate of drug-likeness (QED) is 0.384. The molecule has 1 heterocycles. The molecule has 0 spiro atoms. The standard InChI is InChI=1S/C21H32N4O3/c1-25(2)20(26)14-23-21(22-11-5-12-27-15-16-8-9-16)24-18-10-13-28-19-7-4-3-6-17(18)19/h3-4,6-7,16,18H,5,8-15H2,1-2H3,(H2,22,23,24). The molecule has 154 valence electrons. The zero-order valence-corrected chi connectivity index (χ0v) is 16.9. The average molecular weight is 389 g/mol. The van der Waals surface area contributed by atoms with Crippen LogP contribution < -0.4 is 15.4 Å². The van der Waals surface area contributed by atoms with Crippen molar-refractivity contribution in [1.29, 1.82) is 0 Å². The maximum Gasteiger partial charge on any atom is 0.243 e. The Morgan fingerprint density at radius 3 is 2.89 bits per heavy atom. The molecule has 2 aliphatic rings. The number of aliphatic imine (C=N–C) groups is 1. The molecule has 1 atom stereocenters. The van der Waals surface area contributed by atoms with E-state index in [1.807, 2.05) is 18.2 Å². The molecule has 1 aromatic carbocycles. The van der Waals surface area contributed by atoms with Gasteiger partial charge in [-0.25, -0.2) is 4.99 Å². The monoisotopic (exact) mass is 388 g/mol. The molecule has 7 nitrogen and oxygen atoms in total. The number of fused-ring (bicyclic) bond motifs is 1. The van der Waals surface area contributed by atoms with Gasteiger partial charge >= 0.3 is 0 Å². The lowest BCUT2D eigenvalue weighted by Gasteiger charge is -2.28. The molecule has 1 aromatic rings. The second kappa shape index (κ2) is 10.3. The highest BCUT2D eigenvalue weighted by atomic mass is 16.5. The summed E-state index contributed by atoms with van der Waals surface area (Å²) in [4.78, 5) is 18.0. The lowest BCUT2D eigenvalue weighted by atomic mass is 10.0.